The fourth-order valence-corrected chi connectivity index (χ4v) is 2.45. The van der Waals surface area contributed by atoms with Crippen LogP contribution in [0.15, 0.2) is 30.3 Å². The normalized spacial score (nSPS) is 11.7. The van der Waals surface area contributed by atoms with Gasteiger partial charge in [-0.15, -0.1) is 0 Å². The summed E-state index contributed by atoms with van der Waals surface area (Å²) < 4.78 is 0. The Hall–Kier alpha value is -1.84. The molecule has 0 unspecified atom stereocenters. The molecule has 0 aromatic heterocycles. The SMILES string of the molecule is CCCCCCCCCNC(=O)C(=O)N[C@H](C)c1ccccc1. The Balaban J connectivity index is 2.13. The van der Waals surface area contributed by atoms with Gasteiger partial charge in [-0.05, 0) is 18.9 Å². The molecule has 1 atom stereocenters. The van der Waals surface area contributed by atoms with Crippen molar-refractivity contribution in [2.24, 2.45) is 0 Å². The Labute approximate surface area is 140 Å². The third-order valence-electron chi connectivity index (χ3n) is 3.92. The van der Waals surface area contributed by atoms with E-state index in [9.17, 15) is 9.59 Å². The topological polar surface area (TPSA) is 58.2 Å². The van der Waals surface area contributed by atoms with Gasteiger partial charge in [0.15, 0.2) is 0 Å². The summed E-state index contributed by atoms with van der Waals surface area (Å²) in [6, 6.07) is 9.44. The van der Waals surface area contributed by atoms with E-state index in [1.807, 2.05) is 37.3 Å². The van der Waals surface area contributed by atoms with Crippen LogP contribution >= 0.6 is 0 Å². The molecule has 0 heterocycles. The molecule has 2 amide bonds. The van der Waals surface area contributed by atoms with Crippen LogP contribution in [0.25, 0.3) is 0 Å². The van der Waals surface area contributed by atoms with Crippen molar-refractivity contribution in [2.45, 2.75) is 64.8 Å². The van der Waals surface area contributed by atoms with Gasteiger partial charge in [-0.1, -0.05) is 75.8 Å². The second kappa shape index (κ2) is 11.7. The van der Waals surface area contributed by atoms with Crippen LogP contribution in [0.2, 0.25) is 0 Å². The van der Waals surface area contributed by atoms with Crippen LogP contribution < -0.4 is 10.6 Å². The summed E-state index contributed by atoms with van der Waals surface area (Å²) in [5.41, 5.74) is 0.987. The van der Waals surface area contributed by atoms with E-state index in [-0.39, 0.29) is 6.04 Å². The Morgan fingerprint density at radius 2 is 1.52 bits per heavy atom. The van der Waals surface area contributed by atoms with Crippen molar-refractivity contribution in [3.63, 3.8) is 0 Å². The summed E-state index contributed by atoms with van der Waals surface area (Å²) in [6.07, 6.45) is 8.35. The Morgan fingerprint density at radius 3 is 2.17 bits per heavy atom. The number of nitrogens with one attached hydrogen (secondary N) is 2. The average molecular weight is 318 g/mol. The first-order valence-corrected chi connectivity index (χ1v) is 8.78. The van der Waals surface area contributed by atoms with Gasteiger partial charge in [0, 0.05) is 6.54 Å². The lowest BCUT2D eigenvalue weighted by Gasteiger charge is -2.14. The number of unbranched alkanes of at least 4 members (excludes halogenated alkanes) is 6. The summed E-state index contributed by atoms with van der Waals surface area (Å²) in [5.74, 6) is -1.11. The molecule has 0 radical (unpaired) electrons. The zero-order valence-corrected chi connectivity index (χ0v) is 14.4. The highest BCUT2D eigenvalue weighted by atomic mass is 16.2. The maximum Gasteiger partial charge on any atom is 0.309 e. The Morgan fingerprint density at radius 1 is 0.913 bits per heavy atom. The average Bonchev–Trinajstić information content (AvgIpc) is 2.57. The minimum Gasteiger partial charge on any atom is -0.348 e. The molecule has 23 heavy (non-hydrogen) atoms. The second-order valence-electron chi connectivity index (χ2n) is 5.98. The van der Waals surface area contributed by atoms with Gasteiger partial charge in [-0.25, -0.2) is 0 Å². The fourth-order valence-electron chi connectivity index (χ4n) is 2.45. The van der Waals surface area contributed by atoms with E-state index < -0.39 is 11.8 Å². The van der Waals surface area contributed by atoms with Crippen molar-refractivity contribution in [1.82, 2.24) is 10.6 Å². The zero-order valence-electron chi connectivity index (χ0n) is 14.4. The van der Waals surface area contributed by atoms with Crippen LogP contribution in [0, 0.1) is 0 Å². The highest BCUT2D eigenvalue weighted by molar-refractivity contribution is 6.35. The Kier molecular flexibility index (Phi) is 9.76. The molecule has 1 rings (SSSR count). The lowest BCUT2D eigenvalue weighted by atomic mass is 10.1. The molecule has 128 valence electrons. The number of hydrogen-bond donors (Lipinski definition) is 2. The quantitative estimate of drug-likeness (QED) is 0.510. The molecular weight excluding hydrogens is 288 g/mol. The number of carbonyl (C=O) groups is 2. The summed E-state index contributed by atoms with van der Waals surface area (Å²) in [7, 11) is 0. The predicted molar refractivity (Wildman–Crippen MR) is 94.0 cm³/mol. The van der Waals surface area contributed by atoms with Crippen molar-refractivity contribution >= 4 is 11.8 Å². The van der Waals surface area contributed by atoms with E-state index in [1.165, 1.54) is 32.1 Å². The van der Waals surface area contributed by atoms with E-state index in [4.69, 9.17) is 0 Å². The third-order valence-corrected chi connectivity index (χ3v) is 3.92. The van der Waals surface area contributed by atoms with Gasteiger partial charge in [-0.2, -0.15) is 0 Å². The van der Waals surface area contributed by atoms with E-state index in [2.05, 4.69) is 17.6 Å². The molecule has 1 aromatic carbocycles. The van der Waals surface area contributed by atoms with Crippen LogP contribution in [-0.4, -0.2) is 18.4 Å². The lowest BCUT2D eigenvalue weighted by Crippen LogP contribution is -2.41. The largest absolute Gasteiger partial charge is 0.348 e. The minimum absolute atomic E-state index is 0.173. The molecule has 4 nitrogen and oxygen atoms in total. The van der Waals surface area contributed by atoms with Gasteiger partial charge < -0.3 is 10.6 Å². The van der Waals surface area contributed by atoms with E-state index in [0.29, 0.717) is 6.54 Å². The first-order valence-electron chi connectivity index (χ1n) is 8.78. The van der Waals surface area contributed by atoms with Gasteiger partial charge in [0.1, 0.15) is 0 Å². The van der Waals surface area contributed by atoms with Crippen LogP contribution in [0.4, 0.5) is 0 Å². The fraction of sp³-hybridized carbons (Fsp3) is 0.579. The lowest BCUT2D eigenvalue weighted by molar-refractivity contribution is -0.139. The molecule has 0 aliphatic heterocycles. The molecule has 0 fully saturated rings. The van der Waals surface area contributed by atoms with E-state index in [1.54, 1.807) is 0 Å². The molecule has 1 aromatic rings. The number of benzene rings is 1. The van der Waals surface area contributed by atoms with Crippen molar-refractivity contribution in [3.05, 3.63) is 35.9 Å². The number of carbonyl (C=O) groups excluding carboxylic acids is 2. The van der Waals surface area contributed by atoms with Gasteiger partial charge >= 0.3 is 11.8 Å². The number of hydrogen-bond acceptors (Lipinski definition) is 2. The standard InChI is InChI=1S/C19H30N2O2/c1-3-4-5-6-7-8-12-15-20-18(22)19(23)21-16(2)17-13-10-9-11-14-17/h9-11,13-14,16H,3-8,12,15H2,1-2H3,(H,20,22)(H,21,23)/t16-/m1/s1. The van der Waals surface area contributed by atoms with Gasteiger partial charge in [0.25, 0.3) is 0 Å². The monoisotopic (exact) mass is 318 g/mol. The highest BCUT2D eigenvalue weighted by Crippen LogP contribution is 2.10. The molecule has 0 aliphatic rings. The van der Waals surface area contributed by atoms with Gasteiger partial charge in [0.2, 0.25) is 0 Å². The summed E-state index contributed by atoms with van der Waals surface area (Å²) >= 11 is 0. The zero-order chi connectivity index (χ0) is 16.9. The first-order chi connectivity index (χ1) is 11.1. The molecule has 2 N–H and O–H groups in total. The summed E-state index contributed by atoms with van der Waals surface area (Å²) in [4.78, 5) is 23.6. The molecule has 4 heteroatoms. The van der Waals surface area contributed by atoms with Gasteiger partial charge in [-0.3, -0.25) is 9.59 Å². The van der Waals surface area contributed by atoms with Gasteiger partial charge in [0.05, 0.1) is 6.04 Å². The van der Waals surface area contributed by atoms with E-state index >= 15 is 0 Å². The van der Waals surface area contributed by atoms with Crippen LogP contribution in [0.5, 0.6) is 0 Å². The molecule has 0 saturated carbocycles. The van der Waals surface area contributed by atoms with Crippen molar-refractivity contribution < 1.29 is 9.59 Å². The molecular formula is C19H30N2O2. The van der Waals surface area contributed by atoms with Crippen molar-refractivity contribution in [3.8, 4) is 0 Å². The minimum atomic E-state index is -0.565. The van der Waals surface area contributed by atoms with Crippen LogP contribution in [-0.2, 0) is 9.59 Å². The third kappa shape index (κ3) is 8.38. The molecule has 0 spiro atoms. The second-order valence-corrected chi connectivity index (χ2v) is 5.98. The molecule has 0 bridgehead atoms. The maximum atomic E-state index is 11.8. The predicted octanol–water partition coefficient (Wildman–Crippen LogP) is 3.73. The van der Waals surface area contributed by atoms with Crippen LogP contribution in [0.1, 0.15) is 70.4 Å². The molecule has 0 aliphatic carbocycles. The Bertz CT molecular complexity index is 460. The van der Waals surface area contributed by atoms with Crippen LogP contribution in [0.3, 0.4) is 0 Å². The maximum absolute atomic E-state index is 11.8. The summed E-state index contributed by atoms with van der Waals surface area (Å²) in [6.45, 7) is 4.65. The first kappa shape index (κ1) is 19.2. The smallest absolute Gasteiger partial charge is 0.309 e. The van der Waals surface area contributed by atoms with E-state index in [0.717, 1.165) is 18.4 Å². The highest BCUT2D eigenvalue weighted by Gasteiger charge is 2.16. The van der Waals surface area contributed by atoms with Crippen molar-refractivity contribution in [2.75, 3.05) is 6.54 Å². The summed E-state index contributed by atoms with van der Waals surface area (Å²) in [5, 5.41) is 5.41. The van der Waals surface area contributed by atoms with Crippen molar-refractivity contribution in [1.29, 1.82) is 0 Å². The number of amides is 2. The molecule has 0 saturated heterocycles. The number of rotatable bonds is 10.